The Morgan fingerprint density at radius 3 is 1.46 bits per heavy atom. The Morgan fingerprint density at radius 2 is 1.08 bits per heavy atom. The topological polar surface area (TPSA) is 81.4 Å². The van der Waals surface area contributed by atoms with E-state index in [2.05, 4.69) is 5.32 Å². The number of unbranched alkanes of at least 4 members (excludes halogenated alkanes) is 13. The number of hydrogen-bond acceptors (Lipinski definition) is 3. The van der Waals surface area contributed by atoms with Gasteiger partial charge in [-0.2, -0.15) is 0 Å². The molecule has 3 N–H and O–H groups in total. The van der Waals surface area contributed by atoms with Crippen LogP contribution in [-0.2, 0) is 9.53 Å². The van der Waals surface area contributed by atoms with Gasteiger partial charge in [0.2, 0.25) is 0 Å². The maximum Gasteiger partial charge on any atom is 0.312 e. The standard InChI is InChI=1S/C19H38N2O3/c1-18(22)24-17-15-13-11-9-7-5-3-2-4-6-8-10-12-14-16-21-19(20)23/h2-17H2,1H3,(H3,20,21,23). The van der Waals surface area contributed by atoms with Crippen LogP contribution in [0.5, 0.6) is 0 Å². The van der Waals surface area contributed by atoms with Crippen LogP contribution in [0.1, 0.15) is 96.8 Å². The fraction of sp³-hybridized carbons (Fsp3) is 0.895. The fourth-order valence-electron chi connectivity index (χ4n) is 2.78. The number of urea groups is 1. The van der Waals surface area contributed by atoms with Gasteiger partial charge in [0, 0.05) is 13.5 Å². The number of amides is 2. The second-order valence-corrected chi connectivity index (χ2v) is 6.58. The highest BCUT2D eigenvalue weighted by atomic mass is 16.5. The molecule has 0 heterocycles. The molecule has 0 fully saturated rings. The minimum atomic E-state index is -0.419. The summed E-state index contributed by atoms with van der Waals surface area (Å²) in [5.41, 5.74) is 5.00. The summed E-state index contributed by atoms with van der Waals surface area (Å²) in [6.07, 6.45) is 17.6. The zero-order chi connectivity index (χ0) is 17.9. The molecule has 0 aromatic heterocycles. The lowest BCUT2D eigenvalue weighted by atomic mass is 10.0. The van der Waals surface area contributed by atoms with Crippen LogP contribution in [0, 0.1) is 0 Å². The van der Waals surface area contributed by atoms with Gasteiger partial charge in [0.05, 0.1) is 6.61 Å². The molecule has 2 amide bonds. The lowest BCUT2D eigenvalue weighted by Crippen LogP contribution is -2.29. The fourth-order valence-corrected chi connectivity index (χ4v) is 2.78. The van der Waals surface area contributed by atoms with Gasteiger partial charge in [-0.15, -0.1) is 0 Å². The molecule has 0 atom stereocenters. The zero-order valence-electron chi connectivity index (χ0n) is 15.6. The van der Waals surface area contributed by atoms with Crippen molar-refractivity contribution in [2.24, 2.45) is 5.73 Å². The summed E-state index contributed by atoms with van der Waals surface area (Å²) >= 11 is 0. The van der Waals surface area contributed by atoms with Crippen molar-refractivity contribution in [3.8, 4) is 0 Å². The highest BCUT2D eigenvalue weighted by Crippen LogP contribution is 2.12. The van der Waals surface area contributed by atoms with E-state index in [4.69, 9.17) is 10.5 Å². The van der Waals surface area contributed by atoms with E-state index >= 15 is 0 Å². The molecular weight excluding hydrogens is 304 g/mol. The summed E-state index contributed by atoms with van der Waals surface area (Å²) in [4.78, 5) is 21.1. The molecule has 0 saturated heterocycles. The molecule has 0 radical (unpaired) electrons. The van der Waals surface area contributed by atoms with Crippen LogP contribution < -0.4 is 11.1 Å². The minimum absolute atomic E-state index is 0.171. The lowest BCUT2D eigenvalue weighted by molar-refractivity contribution is -0.141. The van der Waals surface area contributed by atoms with Crippen molar-refractivity contribution in [1.82, 2.24) is 5.32 Å². The van der Waals surface area contributed by atoms with E-state index in [1.54, 1.807) is 0 Å². The predicted octanol–water partition coefficient (Wildman–Crippen LogP) is 4.68. The molecule has 142 valence electrons. The molecule has 0 saturated carbocycles. The van der Waals surface area contributed by atoms with Gasteiger partial charge in [0.15, 0.2) is 0 Å². The molecule has 0 bridgehead atoms. The molecule has 24 heavy (non-hydrogen) atoms. The Kier molecular flexibility index (Phi) is 17.1. The molecule has 5 heteroatoms. The highest BCUT2D eigenvalue weighted by molar-refractivity contribution is 5.71. The van der Waals surface area contributed by atoms with Gasteiger partial charge < -0.3 is 15.8 Å². The number of ether oxygens (including phenoxy) is 1. The average Bonchev–Trinajstić information content (AvgIpc) is 2.53. The molecule has 0 aliphatic carbocycles. The number of primary amides is 1. The van der Waals surface area contributed by atoms with E-state index in [1.807, 2.05) is 0 Å². The second-order valence-electron chi connectivity index (χ2n) is 6.58. The van der Waals surface area contributed by atoms with Crippen LogP contribution in [0.3, 0.4) is 0 Å². The molecule has 0 spiro atoms. The predicted molar refractivity (Wildman–Crippen MR) is 98.9 cm³/mol. The summed E-state index contributed by atoms with van der Waals surface area (Å²) in [7, 11) is 0. The van der Waals surface area contributed by atoms with Gasteiger partial charge in [-0.05, 0) is 12.8 Å². The van der Waals surface area contributed by atoms with Crippen LogP contribution in [0.4, 0.5) is 4.79 Å². The maximum absolute atomic E-state index is 10.6. The Labute approximate surface area is 148 Å². The summed E-state index contributed by atoms with van der Waals surface area (Å²) in [6.45, 7) is 2.75. The Hall–Kier alpha value is -1.26. The van der Waals surface area contributed by atoms with Crippen molar-refractivity contribution in [1.29, 1.82) is 0 Å². The van der Waals surface area contributed by atoms with Crippen molar-refractivity contribution in [2.75, 3.05) is 13.2 Å². The van der Waals surface area contributed by atoms with Crippen molar-refractivity contribution in [3.05, 3.63) is 0 Å². The van der Waals surface area contributed by atoms with Crippen LogP contribution in [-0.4, -0.2) is 25.2 Å². The number of nitrogens with two attached hydrogens (primary N) is 1. The summed E-state index contributed by atoms with van der Waals surface area (Å²) in [6, 6.07) is -0.419. The molecule has 0 aliphatic rings. The largest absolute Gasteiger partial charge is 0.466 e. The van der Waals surface area contributed by atoms with E-state index in [-0.39, 0.29) is 5.97 Å². The average molecular weight is 343 g/mol. The monoisotopic (exact) mass is 342 g/mol. The maximum atomic E-state index is 10.6. The second kappa shape index (κ2) is 18.1. The van der Waals surface area contributed by atoms with Crippen LogP contribution in [0.2, 0.25) is 0 Å². The normalized spacial score (nSPS) is 10.5. The van der Waals surface area contributed by atoms with E-state index in [0.717, 1.165) is 12.8 Å². The summed E-state index contributed by atoms with van der Waals surface area (Å²) in [5.74, 6) is -0.171. The minimum Gasteiger partial charge on any atom is -0.466 e. The first-order chi connectivity index (χ1) is 11.6. The van der Waals surface area contributed by atoms with E-state index in [0.29, 0.717) is 13.2 Å². The van der Waals surface area contributed by atoms with Gasteiger partial charge in [-0.1, -0.05) is 77.0 Å². The number of hydrogen-bond donors (Lipinski definition) is 2. The number of carbonyl (C=O) groups is 2. The quantitative estimate of drug-likeness (QED) is 0.297. The molecule has 0 unspecified atom stereocenters. The Morgan fingerprint density at radius 1 is 0.708 bits per heavy atom. The first-order valence-corrected chi connectivity index (χ1v) is 9.79. The summed E-state index contributed by atoms with van der Waals surface area (Å²) in [5, 5.41) is 2.62. The molecule has 0 rings (SSSR count). The van der Waals surface area contributed by atoms with Crippen LogP contribution in [0.25, 0.3) is 0 Å². The third kappa shape index (κ3) is 20.7. The van der Waals surface area contributed by atoms with Gasteiger partial charge in [0.25, 0.3) is 0 Å². The van der Waals surface area contributed by atoms with Gasteiger partial charge in [0.1, 0.15) is 0 Å². The Balaban J connectivity index is 3.00. The van der Waals surface area contributed by atoms with E-state index < -0.39 is 6.03 Å². The van der Waals surface area contributed by atoms with E-state index in [1.165, 1.54) is 84.0 Å². The Bertz CT molecular complexity index is 279. The number of esters is 1. The number of nitrogens with one attached hydrogen (secondary N) is 1. The molecule has 0 aromatic carbocycles. The van der Waals surface area contributed by atoms with Gasteiger partial charge in [-0.25, -0.2) is 4.79 Å². The number of rotatable bonds is 17. The third-order valence-corrected chi connectivity index (χ3v) is 4.18. The van der Waals surface area contributed by atoms with Crippen molar-refractivity contribution in [2.45, 2.75) is 96.8 Å². The third-order valence-electron chi connectivity index (χ3n) is 4.18. The van der Waals surface area contributed by atoms with Crippen molar-refractivity contribution >= 4 is 12.0 Å². The molecule has 0 aromatic rings. The SMILES string of the molecule is CC(=O)OCCCCCCCCCCCCCCCCNC(N)=O. The number of carbonyl (C=O) groups excluding carboxylic acids is 2. The first-order valence-electron chi connectivity index (χ1n) is 9.79. The summed E-state index contributed by atoms with van der Waals surface area (Å²) < 4.78 is 4.91. The smallest absolute Gasteiger partial charge is 0.312 e. The van der Waals surface area contributed by atoms with Crippen LogP contribution in [0.15, 0.2) is 0 Å². The highest BCUT2D eigenvalue weighted by Gasteiger charge is 1.96. The van der Waals surface area contributed by atoms with Gasteiger partial charge in [-0.3, -0.25) is 4.79 Å². The zero-order valence-corrected chi connectivity index (χ0v) is 15.6. The molecule has 5 nitrogen and oxygen atoms in total. The first kappa shape index (κ1) is 22.7. The molecular formula is C19H38N2O3. The van der Waals surface area contributed by atoms with Crippen molar-refractivity contribution in [3.63, 3.8) is 0 Å². The van der Waals surface area contributed by atoms with Crippen LogP contribution >= 0.6 is 0 Å². The van der Waals surface area contributed by atoms with Gasteiger partial charge >= 0.3 is 12.0 Å². The lowest BCUT2D eigenvalue weighted by Gasteiger charge is -2.04. The van der Waals surface area contributed by atoms with Crippen molar-refractivity contribution < 1.29 is 14.3 Å². The van der Waals surface area contributed by atoms with E-state index in [9.17, 15) is 9.59 Å². The molecule has 0 aliphatic heterocycles.